The summed E-state index contributed by atoms with van der Waals surface area (Å²) in [4.78, 5) is 12.6. The van der Waals surface area contributed by atoms with E-state index in [1.54, 1.807) is 10.6 Å². The van der Waals surface area contributed by atoms with E-state index < -0.39 is 0 Å². The van der Waals surface area contributed by atoms with Crippen molar-refractivity contribution >= 4 is 22.5 Å². The average Bonchev–Trinajstić information content (AvgIpc) is 3.48. The fraction of sp³-hybridized carbons (Fsp3) is 0.320. The molecule has 2 atom stereocenters. The lowest BCUT2D eigenvalue weighted by Gasteiger charge is -2.19. The first kappa shape index (κ1) is 20.1. The Kier molecular flexibility index (Phi) is 5.06. The predicted molar refractivity (Wildman–Crippen MR) is 119 cm³/mol. The summed E-state index contributed by atoms with van der Waals surface area (Å²) in [5.74, 6) is -0.184. The highest BCUT2D eigenvalue weighted by atomic mass is 16.3. The number of amides is 1. The van der Waals surface area contributed by atoms with E-state index in [1.165, 1.54) is 11.1 Å². The maximum Gasteiger partial charge on any atom is 0.268 e. The molecule has 1 fully saturated rings. The summed E-state index contributed by atoms with van der Waals surface area (Å²) in [6.07, 6.45) is 2.49. The SMILES string of the molecule is C=CCn1c(O)c(N=NC(=O)[C@H]2C[C@H]2c2ccc(C(C)(C)C)cc2)c2ccccc21. The van der Waals surface area contributed by atoms with Crippen molar-refractivity contribution in [2.24, 2.45) is 16.1 Å². The number of carbonyl (C=O) groups excluding carboxylic acids is 1. The van der Waals surface area contributed by atoms with Crippen molar-refractivity contribution < 1.29 is 9.90 Å². The number of allylic oxidation sites excluding steroid dienone is 1. The molecule has 154 valence electrons. The molecule has 3 aromatic rings. The molecule has 1 aliphatic rings. The van der Waals surface area contributed by atoms with E-state index in [1.807, 2.05) is 24.3 Å². The maximum atomic E-state index is 12.6. The fourth-order valence-electron chi connectivity index (χ4n) is 3.92. The Balaban J connectivity index is 1.52. The molecule has 5 heteroatoms. The summed E-state index contributed by atoms with van der Waals surface area (Å²) in [7, 11) is 0. The van der Waals surface area contributed by atoms with E-state index in [-0.39, 0.29) is 29.0 Å². The van der Waals surface area contributed by atoms with Crippen molar-refractivity contribution in [1.29, 1.82) is 0 Å². The van der Waals surface area contributed by atoms with Crippen molar-refractivity contribution in [1.82, 2.24) is 4.57 Å². The highest BCUT2D eigenvalue weighted by molar-refractivity contribution is 5.95. The molecule has 1 amide bonds. The summed E-state index contributed by atoms with van der Waals surface area (Å²) in [5, 5.41) is 19.4. The lowest BCUT2D eigenvalue weighted by Crippen LogP contribution is -2.10. The number of aromatic nitrogens is 1. The number of nitrogens with zero attached hydrogens (tertiary/aromatic N) is 3. The molecular weight excluding hydrogens is 374 g/mol. The molecule has 1 saturated carbocycles. The van der Waals surface area contributed by atoms with Gasteiger partial charge in [0.05, 0.1) is 5.52 Å². The van der Waals surface area contributed by atoms with Gasteiger partial charge in [0.15, 0.2) is 5.69 Å². The molecule has 1 N–H and O–H groups in total. The van der Waals surface area contributed by atoms with Gasteiger partial charge in [-0.1, -0.05) is 69.3 Å². The fourth-order valence-corrected chi connectivity index (χ4v) is 3.92. The Bertz CT molecular complexity index is 1130. The smallest absolute Gasteiger partial charge is 0.268 e. The molecule has 0 radical (unpaired) electrons. The van der Waals surface area contributed by atoms with E-state index in [4.69, 9.17) is 0 Å². The molecule has 0 unspecified atom stereocenters. The van der Waals surface area contributed by atoms with Gasteiger partial charge in [-0.3, -0.25) is 4.79 Å². The molecule has 1 aliphatic carbocycles. The highest BCUT2D eigenvalue weighted by Crippen LogP contribution is 2.49. The highest BCUT2D eigenvalue weighted by Gasteiger charge is 2.44. The number of benzene rings is 2. The zero-order valence-electron chi connectivity index (χ0n) is 17.7. The van der Waals surface area contributed by atoms with Gasteiger partial charge < -0.3 is 9.67 Å². The molecule has 0 spiro atoms. The van der Waals surface area contributed by atoms with Crippen molar-refractivity contribution in [3.8, 4) is 5.88 Å². The number of azo groups is 1. The van der Waals surface area contributed by atoms with Crippen LogP contribution in [0.1, 0.15) is 44.2 Å². The number of para-hydroxylation sites is 1. The number of aromatic hydroxyl groups is 1. The Morgan fingerprint density at radius 1 is 1.20 bits per heavy atom. The van der Waals surface area contributed by atoms with Crippen LogP contribution in [-0.4, -0.2) is 15.6 Å². The summed E-state index contributed by atoms with van der Waals surface area (Å²) >= 11 is 0. The minimum atomic E-state index is -0.236. The molecule has 0 aliphatic heterocycles. The molecule has 1 aromatic heterocycles. The second-order valence-electron chi connectivity index (χ2n) is 8.95. The van der Waals surface area contributed by atoms with Gasteiger partial charge in [-0.25, -0.2) is 0 Å². The van der Waals surface area contributed by atoms with E-state index in [0.717, 1.165) is 17.3 Å². The van der Waals surface area contributed by atoms with Crippen LogP contribution in [0, 0.1) is 5.92 Å². The predicted octanol–water partition coefficient (Wildman–Crippen LogP) is 6.24. The molecule has 30 heavy (non-hydrogen) atoms. The number of rotatable bonds is 5. The number of carbonyl (C=O) groups is 1. The molecule has 0 bridgehead atoms. The van der Waals surface area contributed by atoms with Crippen LogP contribution in [0.25, 0.3) is 10.9 Å². The van der Waals surface area contributed by atoms with Crippen LogP contribution in [-0.2, 0) is 16.8 Å². The lowest BCUT2D eigenvalue weighted by atomic mass is 9.86. The van der Waals surface area contributed by atoms with Gasteiger partial charge in [0.2, 0.25) is 5.88 Å². The Labute approximate surface area is 176 Å². The first-order valence-corrected chi connectivity index (χ1v) is 10.3. The van der Waals surface area contributed by atoms with Crippen LogP contribution in [0.2, 0.25) is 0 Å². The summed E-state index contributed by atoms with van der Waals surface area (Å²) < 4.78 is 1.71. The molecular formula is C25H27N3O2. The molecule has 5 nitrogen and oxygen atoms in total. The van der Waals surface area contributed by atoms with Crippen LogP contribution < -0.4 is 0 Å². The van der Waals surface area contributed by atoms with E-state index >= 15 is 0 Å². The third kappa shape index (κ3) is 3.67. The Morgan fingerprint density at radius 3 is 2.57 bits per heavy atom. The molecule has 2 aromatic carbocycles. The van der Waals surface area contributed by atoms with Crippen LogP contribution in [0.4, 0.5) is 5.69 Å². The van der Waals surface area contributed by atoms with E-state index in [9.17, 15) is 9.90 Å². The van der Waals surface area contributed by atoms with Gasteiger partial charge in [0.1, 0.15) is 0 Å². The third-order valence-electron chi connectivity index (χ3n) is 5.79. The Morgan fingerprint density at radius 2 is 1.90 bits per heavy atom. The van der Waals surface area contributed by atoms with Crippen LogP contribution in [0.5, 0.6) is 5.88 Å². The van der Waals surface area contributed by atoms with Crippen LogP contribution in [0.3, 0.4) is 0 Å². The zero-order valence-corrected chi connectivity index (χ0v) is 17.7. The van der Waals surface area contributed by atoms with Crippen molar-refractivity contribution in [3.05, 3.63) is 72.3 Å². The minimum Gasteiger partial charge on any atom is -0.493 e. The van der Waals surface area contributed by atoms with Crippen molar-refractivity contribution in [2.45, 2.75) is 45.1 Å². The van der Waals surface area contributed by atoms with E-state index in [0.29, 0.717) is 12.2 Å². The van der Waals surface area contributed by atoms with Crippen LogP contribution >= 0.6 is 0 Å². The summed E-state index contributed by atoms with van der Waals surface area (Å²) in [6.45, 7) is 10.7. The molecule has 0 saturated heterocycles. The van der Waals surface area contributed by atoms with Gasteiger partial charge in [-0.2, -0.15) is 0 Å². The third-order valence-corrected chi connectivity index (χ3v) is 5.79. The second kappa shape index (κ2) is 7.56. The van der Waals surface area contributed by atoms with E-state index in [2.05, 4.69) is 61.8 Å². The van der Waals surface area contributed by atoms with Crippen molar-refractivity contribution in [3.63, 3.8) is 0 Å². The van der Waals surface area contributed by atoms with Gasteiger partial charge in [0.25, 0.3) is 5.91 Å². The average molecular weight is 402 g/mol. The molecule has 1 heterocycles. The second-order valence-corrected chi connectivity index (χ2v) is 8.95. The zero-order chi connectivity index (χ0) is 21.5. The quantitative estimate of drug-likeness (QED) is 0.406. The number of hydrogen-bond donors (Lipinski definition) is 1. The number of hydrogen-bond acceptors (Lipinski definition) is 3. The number of fused-ring (bicyclic) bond motifs is 1. The van der Waals surface area contributed by atoms with Crippen LogP contribution in [0.15, 0.2) is 71.4 Å². The topological polar surface area (TPSA) is 66.9 Å². The summed E-state index contributed by atoms with van der Waals surface area (Å²) in [6, 6.07) is 16.1. The first-order chi connectivity index (χ1) is 14.3. The Hall–Kier alpha value is -3.21. The lowest BCUT2D eigenvalue weighted by molar-refractivity contribution is -0.119. The minimum absolute atomic E-state index is 0.00207. The largest absolute Gasteiger partial charge is 0.493 e. The van der Waals surface area contributed by atoms with Gasteiger partial charge in [0, 0.05) is 17.8 Å². The molecule has 4 rings (SSSR count). The van der Waals surface area contributed by atoms with Gasteiger partial charge in [-0.15, -0.1) is 16.8 Å². The van der Waals surface area contributed by atoms with Gasteiger partial charge >= 0.3 is 0 Å². The monoisotopic (exact) mass is 401 g/mol. The first-order valence-electron chi connectivity index (χ1n) is 10.3. The van der Waals surface area contributed by atoms with Crippen molar-refractivity contribution in [2.75, 3.05) is 0 Å². The standard InChI is InChI=1S/C25H27N3O2/c1-5-14-28-21-9-7-6-8-18(21)22(24(28)30)26-27-23(29)20-15-19(20)16-10-12-17(13-11-16)25(2,3)4/h5-13,19-20,30H,1,14-15H2,2-4H3/t19-,20-/m0/s1. The maximum absolute atomic E-state index is 12.6. The summed E-state index contributed by atoms with van der Waals surface area (Å²) in [5.41, 5.74) is 3.72. The normalized spacial score (nSPS) is 18.8. The van der Waals surface area contributed by atoms with Gasteiger partial charge in [-0.05, 0) is 34.9 Å².